The van der Waals surface area contributed by atoms with Gasteiger partial charge in [0, 0.05) is 17.4 Å². The van der Waals surface area contributed by atoms with Gasteiger partial charge in [-0.25, -0.2) is 0 Å². The zero-order chi connectivity index (χ0) is 25.8. The maximum absolute atomic E-state index is 11.5. The first kappa shape index (κ1) is 32.3. The fraction of sp³-hybridized carbons (Fsp3) is 0.714. The fourth-order valence-corrected chi connectivity index (χ4v) is 3.31. The summed E-state index contributed by atoms with van der Waals surface area (Å²) in [5.74, 6) is 1.40. The number of benzene rings is 1. The summed E-state index contributed by atoms with van der Waals surface area (Å²) in [6.45, 7) is 27.8. The summed E-state index contributed by atoms with van der Waals surface area (Å²) in [4.78, 5) is 22.5. The van der Waals surface area contributed by atoms with Crippen LogP contribution in [0.4, 0.5) is 0 Å². The molecule has 0 heterocycles. The van der Waals surface area contributed by atoms with Crippen molar-refractivity contribution in [3.63, 3.8) is 0 Å². The van der Waals surface area contributed by atoms with Crippen LogP contribution < -0.4 is 4.74 Å². The minimum atomic E-state index is -0.201. The van der Waals surface area contributed by atoms with Crippen LogP contribution in [-0.2, 0) is 19.7 Å². The third-order valence-corrected chi connectivity index (χ3v) is 4.89. The SMILES string of the molecule is CC.CC(=O)CC(C)(C)c1c(C)cc(C)cc1OC(C)C.CC(C)C(=O)OC(C)C(C)C. The Morgan fingerprint density at radius 1 is 0.938 bits per heavy atom. The Balaban J connectivity index is 0. The van der Waals surface area contributed by atoms with Crippen molar-refractivity contribution in [3.8, 4) is 5.75 Å². The summed E-state index contributed by atoms with van der Waals surface area (Å²) < 4.78 is 11.1. The molecule has 0 saturated heterocycles. The predicted molar refractivity (Wildman–Crippen MR) is 137 cm³/mol. The molecule has 1 unspecified atom stereocenters. The van der Waals surface area contributed by atoms with E-state index in [4.69, 9.17) is 9.47 Å². The predicted octanol–water partition coefficient (Wildman–Crippen LogP) is 7.60. The van der Waals surface area contributed by atoms with Crippen LogP contribution in [0.3, 0.4) is 0 Å². The summed E-state index contributed by atoms with van der Waals surface area (Å²) in [5, 5.41) is 0. The average Bonchev–Trinajstić information content (AvgIpc) is 2.60. The normalized spacial score (nSPS) is 11.9. The van der Waals surface area contributed by atoms with Gasteiger partial charge in [0.25, 0.3) is 0 Å². The molecule has 4 heteroatoms. The number of carbonyl (C=O) groups is 2. The van der Waals surface area contributed by atoms with Crippen LogP contribution >= 0.6 is 0 Å². The third-order valence-electron chi connectivity index (χ3n) is 4.89. The van der Waals surface area contributed by atoms with Gasteiger partial charge in [-0.05, 0) is 64.7 Å². The highest BCUT2D eigenvalue weighted by Crippen LogP contribution is 2.38. The van der Waals surface area contributed by atoms with Crippen LogP contribution in [0.2, 0.25) is 0 Å². The molecule has 186 valence electrons. The van der Waals surface area contributed by atoms with Gasteiger partial charge in [-0.3, -0.25) is 9.59 Å². The van der Waals surface area contributed by atoms with Gasteiger partial charge in [0.1, 0.15) is 17.6 Å². The van der Waals surface area contributed by atoms with Crippen LogP contribution in [0.5, 0.6) is 5.75 Å². The number of carbonyl (C=O) groups excluding carboxylic acids is 2. The van der Waals surface area contributed by atoms with Gasteiger partial charge >= 0.3 is 5.97 Å². The van der Waals surface area contributed by atoms with Gasteiger partial charge in [-0.1, -0.05) is 61.5 Å². The molecule has 0 aliphatic carbocycles. The van der Waals surface area contributed by atoms with Gasteiger partial charge in [-0.2, -0.15) is 0 Å². The number of hydrogen-bond acceptors (Lipinski definition) is 4. The highest BCUT2D eigenvalue weighted by atomic mass is 16.5. The van der Waals surface area contributed by atoms with Crippen LogP contribution in [0.1, 0.15) is 106 Å². The van der Waals surface area contributed by atoms with E-state index in [9.17, 15) is 9.59 Å². The Labute approximate surface area is 198 Å². The molecule has 0 fully saturated rings. The summed E-state index contributed by atoms with van der Waals surface area (Å²) in [5.41, 5.74) is 3.34. The highest BCUT2D eigenvalue weighted by Gasteiger charge is 2.28. The second-order valence-corrected chi connectivity index (χ2v) is 9.92. The van der Waals surface area contributed by atoms with E-state index >= 15 is 0 Å². The number of rotatable bonds is 8. The lowest BCUT2D eigenvalue weighted by Crippen LogP contribution is -2.24. The number of hydrogen-bond donors (Lipinski definition) is 0. The van der Waals surface area contributed by atoms with E-state index in [0.717, 1.165) is 11.3 Å². The van der Waals surface area contributed by atoms with E-state index in [2.05, 4.69) is 39.8 Å². The highest BCUT2D eigenvalue weighted by molar-refractivity contribution is 5.77. The Morgan fingerprint density at radius 3 is 1.81 bits per heavy atom. The first-order valence-electron chi connectivity index (χ1n) is 12.1. The Hall–Kier alpha value is -1.84. The minimum absolute atomic E-state index is 0.0174. The average molecular weight is 451 g/mol. The quantitative estimate of drug-likeness (QED) is 0.383. The van der Waals surface area contributed by atoms with E-state index in [0.29, 0.717) is 12.3 Å². The largest absolute Gasteiger partial charge is 0.491 e. The molecular weight excluding hydrogens is 400 g/mol. The topological polar surface area (TPSA) is 52.6 Å². The Bertz CT molecular complexity index is 700. The molecule has 1 aromatic rings. The molecule has 1 rings (SSSR count). The molecule has 0 bridgehead atoms. The van der Waals surface area contributed by atoms with Crippen molar-refractivity contribution >= 4 is 11.8 Å². The zero-order valence-electron chi connectivity index (χ0n) is 23.3. The molecule has 4 nitrogen and oxygen atoms in total. The second-order valence-electron chi connectivity index (χ2n) is 9.92. The van der Waals surface area contributed by atoms with E-state index in [1.54, 1.807) is 6.92 Å². The monoisotopic (exact) mass is 450 g/mol. The van der Waals surface area contributed by atoms with Crippen LogP contribution in [0.15, 0.2) is 12.1 Å². The molecule has 0 aromatic heterocycles. The molecule has 1 aromatic carbocycles. The number of esters is 1. The number of Topliss-reactive ketones (excluding diaryl/α,β-unsaturated/α-hetero) is 1. The van der Waals surface area contributed by atoms with E-state index < -0.39 is 0 Å². The lowest BCUT2D eigenvalue weighted by atomic mass is 9.77. The number of ketones is 1. The van der Waals surface area contributed by atoms with Gasteiger partial charge in [0.2, 0.25) is 0 Å². The lowest BCUT2D eigenvalue weighted by molar-refractivity contribution is -0.154. The Kier molecular flexibility index (Phi) is 15.2. The molecule has 0 radical (unpaired) electrons. The first-order valence-corrected chi connectivity index (χ1v) is 12.1. The first-order chi connectivity index (χ1) is 14.6. The van der Waals surface area contributed by atoms with Crippen LogP contribution in [0.25, 0.3) is 0 Å². The molecule has 0 aliphatic heterocycles. The van der Waals surface area contributed by atoms with Crippen molar-refractivity contribution < 1.29 is 19.1 Å². The molecule has 0 aliphatic rings. The number of aryl methyl sites for hydroxylation is 2. The van der Waals surface area contributed by atoms with E-state index in [1.807, 2.05) is 62.3 Å². The Morgan fingerprint density at radius 2 is 1.44 bits per heavy atom. The minimum Gasteiger partial charge on any atom is -0.491 e. The summed E-state index contributed by atoms with van der Waals surface area (Å²) in [6.07, 6.45) is 0.698. The molecule has 1 atom stereocenters. The van der Waals surface area contributed by atoms with Gasteiger partial charge in [-0.15, -0.1) is 0 Å². The number of ether oxygens (including phenoxy) is 2. The summed E-state index contributed by atoms with van der Waals surface area (Å²) >= 11 is 0. The molecular formula is C28H50O4. The molecule has 0 saturated carbocycles. The van der Waals surface area contributed by atoms with Crippen molar-refractivity contribution in [1.82, 2.24) is 0 Å². The maximum Gasteiger partial charge on any atom is 0.308 e. The standard InChI is InChI=1S/C17H26O2.C9H18O2.C2H6/c1-11(2)19-15-9-12(3)8-13(4)16(15)17(6,7)10-14(5)18;1-6(2)8(5)11-9(10)7(3)4;1-2/h8-9,11H,10H2,1-7H3;6-8H,1-5H3;1-2H3. The van der Waals surface area contributed by atoms with Crippen LogP contribution in [0, 0.1) is 25.7 Å². The molecule has 32 heavy (non-hydrogen) atoms. The van der Waals surface area contributed by atoms with Crippen LogP contribution in [-0.4, -0.2) is 24.0 Å². The van der Waals surface area contributed by atoms with Gasteiger partial charge < -0.3 is 9.47 Å². The van der Waals surface area contributed by atoms with E-state index in [-0.39, 0.29) is 35.3 Å². The van der Waals surface area contributed by atoms with Crippen molar-refractivity contribution in [2.75, 3.05) is 0 Å². The molecule has 0 spiro atoms. The van der Waals surface area contributed by atoms with Crippen molar-refractivity contribution in [1.29, 1.82) is 0 Å². The van der Waals surface area contributed by atoms with Gasteiger partial charge in [0.15, 0.2) is 0 Å². The molecule has 0 amide bonds. The van der Waals surface area contributed by atoms with Crippen molar-refractivity contribution in [3.05, 3.63) is 28.8 Å². The van der Waals surface area contributed by atoms with E-state index in [1.165, 1.54) is 11.1 Å². The van der Waals surface area contributed by atoms with Crippen molar-refractivity contribution in [2.24, 2.45) is 11.8 Å². The molecule has 0 N–H and O–H groups in total. The summed E-state index contributed by atoms with van der Waals surface area (Å²) in [7, 11) is 0. The van der Waals surface area contributed by atoms with Crippen molar-refractivity contribution in [2.45, 2.75) is 121 Å². The third kappa shape index (κ3) is 12.3. The smallest absolute Gasteiger partial charge is 0.308 e. The summed E-state index contributed by atoms with van der Waals surface area (Å²) in [6, 6.07) is 4.23. The second kappa shape index (κ2) is 15.1. The maximum atomic E-state index is 11.5. The zero-order valence-corrected chi connectivity index (χ0v) is 23.3. The fourth-order valence-electron chi connectivity index (χ4n) is 3.31. The lowest BCUT2D eigenvalue weighted by Gasteiger charge is -2.29. The van der Waals surface area contributed by atoms with Gasteiger partial charge in [0.05, 0.1) is 12.0 Å².